The summed E-state index contributed by atoms with van der Waals surface area (Å²) in [4.78, 5) is 20.5. The van der Waals surface area contributed by atoms with Gasteiger partial charge in [-0.25, -0.2) is 15.2 Å². The van der Waals surface area contributed by atoms with Crippen molar-refractivity contribution in [2.24, 2.45) is 5.84 Å². The number of aryl methyl sites for hydroxylation is 2. The van der Waals surface area contributed by atoms with Gasteiger partial charge >= 0.3 is 5.69 Å². The molecular formula is C14H19N5O. The van der Waals surface area contributed by atoms with E-state index in [0.29, 0.717) is 12.4 Å². The largest absolute Gasteiger partial charge is 0.356 e. The summed E-state index contributed by atoms with van der Waals surface area (Å²) < 4.78 is 1.52. The van der Waals surface area contributed by atoms with Gasteiger partial charge in [0.2, 0.25) is 5.95 Å². The predicted molar refractivity (Wildman–Crippen MR) is 79.0 cm³/mol. The predicted octanol–water partition coefficient (Wildman–Crippen LogP) is 1.20. The molecule has 1 aromatic heterocycles. The van der Waals surface area contributed by atoms with Gasteiger partial charge in [0.1, 0.15) is 5.82 Å². The van der Waals surface area contributed by atoms with Crippen molar-refractivity contribution in [3.63, 3.8) is 0 Å². The molecule has 0 saturated heterocycles. The molecule has 6 heteroatoms. The van der Waals surface area contributed by atoms with E-state index in [0.717, 1.165) is 17.7 Å². The molecule has 0 aliphatic heterocycles. The highest BCUT2D eigenvalue weighted by molar-refractivity contribution is 5.42. The lowest BCUT2D eigenvalue weighted by Gasteiger charge is -2.17. The molecule has 0 spiro atoms. The summed E-state index contributed by atoms with van der Waals surface area (Å²) in [5.74, 6) is 6.56. The van der Waals surface area contributed by atoms with Gasteiger partial charge in [0.15, 0.2) is 0 Å². The fraction of sp³-hybridized carbons (Fsp3) is 0.357. The first-order valence-corrected chi connectivity index (χ1v) is 6.66. The van der Waals surface area contributed by atoms with E-state index in [4.69, 9.17) is 5.84 Å². The Kier molecular flexibility index (Phi) is 4.14. The smallest absolute Gasteiger partial charge is 0.279 e. The first-order valence-electron chi connectivity index (χ1n) is 6.66. The number of aromatic nitrogens is 3. The maximum absolute atomic E-state index is 12.3. The molecule has 0 radical (unpaired) electrons. The number of hydrazine groups is 1. The second-order valence-electron chi connectivity index (χ2n) is 4.46. The zero-order valence-corrected chi connectivity index (χ0v) is 12.0. The lowest BCUT2D eigenvalue weighted by atomic mass is 10.1. The average molecular weight is 273 g/mol. The van der Waals surface area contributed by atoms with Crippen molar-refractivity contribution in [2.75, 3.05) is 11.6 Å². The summed E-state index contributed by atoms with van der Waals surface area (Å²) in [6.07, 6.45) is 0.835. The summed E-state index contributed by atoms with van der Waals surface area (Å²) in [7, 11) is 0. The third-order valence-corrected chi connectivity index (χ3v) is 3.18. The number of hydrogen-bond acceptors (Lipinski definition) is 5. The number of benzene rings is 1. The van der Waals surface area contributed by atoms with E-state index in [1.54, 1.807) is 6.92 Å². The zero-order chi connectivity index (χ0) is 14.7. The van der Waals surface area contributed by atoms with Crippen molar-refractivity contribution in [3.8, 4) is 5.69 Å². The molecule has 0 bridgehead atoms. The molecule has 0 saturated carbocycles. The highest BCUT2D eigenvalue weighted by atomic mass is 16.1. The van der Waals surface area contributed by atoms with E-state index < -0.39 is 0 Å². The summed E-state index contributed by atoms with van der Waals surface area (Å²) in [6.45, 7) is 6.24. The minimum Gasteiger partial charge on any atom is -0.279 e. The number of anilines is 1. The monoisotopic (exact) mass is 273 g/mol. The Morgan fingerprint density at radius 1 is 1.25 bits per heavy atom. The molecule has 0 aliphatic carbocycles. The van der Waals surface area contributed by atoms with Gasteiger partial charge < -0.3 is 0 Å². The Morgan fingerprint density at radius 3 is 2.55 bits per heavy atom. The van der Waals surface area contributed by atoms with Crippen LogP contribution in [-0.2, 0) is 6.42 Å². The van der Waals surface area contributed by atoms with E-state index in [9.17, 15) is 4.79 Å². The Labute approximate surface area is 117 Å². The summed E-state index contributed by atoms with van der Waals surface area (Å²) >= 11 is 0. The Bertz CT molecular complexity index is 665. The van der Waals surface area contributed by atoms with Crippen LogP contribution in [0.3, 0.4) is 0 Å². The van der Waals surface area contributed by atoms with Gasteiger partial charge in [0.05, 0.1) is 5.69 Å². The van der Waals surface area contributed by atoms with Crippen LogP contribution in [-0.4, -0.2) is 21.1 Å². The van der Waals surface area contributed by atoms with Crippen molar-refractivity contribution < 1.29 is 0 Å². The summed E-state index contributed by atoms with van der Waals surface area (Å²) in [6, 6.07) is 7.75. The zero-order valence-electron chi connectivity index (χ0n) is 12.0. The number of nitrogens with zero attached hydrogens (tertiary/aromatic N) is 4. The lowest BCUT2D eigenvalue weighted by molar-refractivity contribution is 0.753. The van der Waals surface area contributed by atoms with Gasteiger partial charge in [-0.1, -0.05) is 25.1 Å². The molecule has 0 aliphatic rings. The van der Waals surface area contributed by atoms with Crippen LogP contribution in [0, 0.1) is 6.92 Å². The maximum Gasteiger partial charge on any atom is 0.356 e. The molecule has 20 heavy (non-hydrogen) atoms. The van der Waals surface area contributed by atoms with Crippen LogP contribution < -0.4 is 16.5 Å². The third kappa shape index (κ3) is 2.55. The summed E-state index contributed by atoms with van der Waals surface area (Å²) in [5.41, 5.74) is 1.54. The van der Waals surface area contributed by atoms with Crippen molar-refractivity contribution in [3.05, 3.63) is 46.1 Å². The Balaban J connectivity index is 2.62. The molecule has 6 nitrogen and oxygen atoms in total. The first kappa shape index (κ1) is 14.2. The number of nitrogens with two attached hydrogens (primary N) is 1. The fourth-order valence-electron chi connectivity index (χ4n) is 2.07. The molecule has 1 heterocycles. The van der Waals surface area contributed by atoms with Crippen LogP contribution in [0.4, 0.5) is 5.95 Å². The highest BCUT2D eigenvalue weighted by Crippen LogP contribution is 2.15. The third-order valence-electron chi connectivity index (χ3n) is 3.18. The van der Waals surface area contributed by atoms with E-state index in [2.05, 4.69) is 9.97 Å². The molecule has 106 valence electrons. The van der Waals surface area contributed by atoms with Crippen molar-refractivity contribution >= 4 is 5.95 Å². The average Bonchev–Trinajstić information content (AvgIpc) is 2.46. The molecule has 1 aromatic carbocycles. The van der Waals surface area contributed by atoms with Crippen molar-refractivity contribution in [1.82, 2.24) is 14.5 Å². The van der Waals surface area contributed by atoms with Crippen LogP contribution >= 0.6 is 0 Å². The highest BCUT2D eigenvalue weighted by Gasteiger charge is 2.13. The van der Waals surface area contributed by atoms with Gasteiger partial charge in [-0.15, -0.1) is 0 Å². The quantitative estimate of drug-likeness (QED) is 0.669. The van der Waals surface area contributed by atoms with Gasteiger partial charge in [-0.05, 0) is 31.9 Å². The minimum absolute atomic E-state index is 0.250. The van der Waals surface area contributed by atoms with E-state index in [1.165, 1.54) is 9.58 Å². The summed E-state index contributed by atoms with van der Waals surface area (Å²) in [5, 5.41) is 1.35. The van der Waals surface area contributed by atoms with Gasteiger partial charge in [-0.2, -0.15) is 9.97 Å². The fourth-order valence-corrected chi connectivity index (χ4v) is 2.07. The Morgan fingerprint density at radius 2 is 1.95 bits per heavy atom. The molecule has 0 unspecified atom stereocenters. The molecule has 2 rings (SSSR count). The normalized spacial score (nSPS) is 10.6. The maximum atomic E-state index is 12.3. The second kappa shape index (κ2) is 5.83. The lowest BCUT2D eigenvalue weighted by Crippen LogP contribution is -2.36. The van der Waals surface area contributed by atoms with Gasteiger partial charge in [0.25, 0.3) is 0 Å². The molecule has 0 amide bonds. The van der Waals surface area contributed by atoms with Gasteiger partial charge in [0, 0.05) is 6.54 Å². The van der Waals surface area contributed by atoms with Crippen LogP contribution in [0.2, 0.25) is 0 Å². The minimum atomic E-state index is -0.364. The van der Waals surface area contributed by atoms with Crippen molar-refractivity contribution in [2.45, 2.75) is 27.2 Å². The topological polar surface area (TPSA) is 77.0 Å². The SMILES string of the molecule is CCc1ccccc1-n1c(C)nc(N(N)CC)nc1=O. The number of para-hydroxylation sites is 1. The first-order chi connectivity index (χ1) is 9.58. The molecule has 0 atom stereocenters. The van der Waals surface area contributed by atoms with Crippen LogP contribution in [0.1, 0.15) is 25.2 Å². The van der Waals surface area contributed by atoms with Crippen LogP contribution in [0.15, 0.2) is 29.1 Å². The van der Waals surface area contributed by atoms with Crippen LogP contribution in [0.5, 0.6) is 0 Å². The van der Waals surface area contributed by atoms with Gasteiger partial charge in [-0.3, -0.25) is 5.01 Å². The number of rotatable bonds is 4. The Hall–Kier alpha value is -2.21. The van der Waals surface area contributed by atoms with Crippen LogP contribution in [0.25, 0.3) is 5.69 Å². The van der Waals surface area contributed by atoms with E-state index in [1.807, 2.05) is 38.1 Å². The molecule has 0 fully saturated rings. The second-order valence-corrected chi connectivity index (χ2v) is 4.46. The standard InChI is InChI=1S/C14H19N5O/c1-4-11-8-6-7-9-12(11)19-10(3)16-13(17-14(19)20)18(15)5-2/h6-9H,4-5,15H2,1-3H3. The van der Waals surface area contributed by atoms with E-state index in [-0.39, 0.29) is 11.6 Å². The molecular weight excluding hydrogens is 254 g/mol. The number of hydrogen-bond donors (Lipinski definition) is 1. The molecule has 2 aromatic rings. The van der Waals surface area contributed by atoms with Crippen molar-refractivity contribution in [1.29, 1.82) is 0 Å². The van der Waals surface area contributed by atoms with E-state index >= 15 is 0 Å². The molecule has 2 N–H and O–H groups in total.